The van der Waals surface area contributed by atoms with Crippen LogP contribution in [0.25, 0.3) is 0 Å². The number of likely N-dealkylation sites (tertiary alicyclic amines) is 1. The number of carbonyl (C=O) groups excluding carboxylic acids is 1. The molecular weight excluding hydrogens is 208 g/mol. The van der Waals surface area contributed by atoms with Crippen LogP contribution < -0.4 is 5.32 Å². The first-order valence-corrected chi connectivity index (χ1v) is 5.82. The Labute approximate surface area is 94.8 Å². The highest BCUT2D eigenvalue weighted by Crippen LogP contribution is 2.34. The molecule has 1 aliphatic heterocycles. The monoisotopic (exact) mass is 226 g/mol. The summed E-state index contributed by atoms with van der Waals surface area (Å²) < 4.78 is 0. The van der Waals surface area contributed by atoms with Crippen molar-refractivity contribution in [2.24, 2.45) is 5.92 Å². The number of carboxylic acids is 1. The zero-order chi connectivity index (χ0) is 11.7. The minimum absolute atomic E-state index is 0.00440. The maximum atomic E-state index is 10.9. The normalized spacial score (nSPS) is 34.4. The van der Waals surface area contributed by atoms with Gasteiger partial charge in [-0.2, -0.15) is 0 Å². The van der Waals surface area contributed by atoms with Gasteiger partial charge in [-0.3, -0.25) is 14.5 Å². The zero-order valence-corrected chi connectivity index (χ0v) is 9.48. The van der Waals surface area contributed by atoms with E-state index < -0.39 is 5.97 Å². The Morgan fingerprint density at radius 1 is 1.31 bits per heavy atom. The van der Waals surface area contributed by atoms with Gasteiger partial charge >= 0.3 is 5.97 Å². The molecule has 0 bridgehead atoms. The molecule has 0 radical (unpaired) electrons. The van der Waals surface area contributed by atoms with E-state index in [4.69, 9.17) is 5.11 Å². The van der Waals surface area contributed by atoms with Crippen LogP contribution in [0.4, 0.5) is 0 Å². The van der Waals surface area contributed by atoms with E-state index in [1.807, 2.05) is 0 Å². The van der Waals surface area contributed by atoms with E-state index in [1.165, 1.54) is 6.92 Å². The highest BCUT2D eigenvalue weighted by molar-refractivity contribution is 5.73. The van der Waals surface area contributed by atoms with E-state index in [0.29, 0.717) is 0 Å². The maximum Gasteiger partial charge on any atom is 0.308 e. The first kappa shape index (κ1) is 11.4. The number of hydrogen-bond acceptors (Lipinski definition) is 3. The van der Waals surface area contributed by atoms with E-state index in [-0.39, 0.29) is 23.9 Å². The molecule has 0 aromatic heterocycles. The number of aliphatic carboxylic acids is 1. The molecule has 0 aromatic rings. The minimum atomic E-state index is -0.681. The average molecular weight is 226 g/mol. The molecule has 2 N–H and O–H groups in total. The third-order valence-electron chi connectivity index (χ3n) is 3.65. The Hall–Kier alpha value is -1.10. The van der Waals surface area contributed by atoms with E-state index in [0.717, 1.165) is 32.4 Å². The van der Waals surface area contributed by atoms with Gasteiger partial charge < -0.3 is 10.4 Å². The minimum Gasteiger partial charge on any atom is -0.481 e. The predicted molar refractivity (Wildman–Crippen MR) is 57.9 cm³/mol. The molecule has 5 nitrogen and oxygen atoms in total. The molecule has 1 saturated carbocycles. The lowest BCUT2D eigenvalue weighted by Crippen LogP contribution is -2.50. The van der Waals surface area contributed by atoms with Crippen molar-refractivity contribution in [3.63, 3.8) is 0 Å². The van der Waals surface area contributed by atoms with Crippen LogP contribution in [-0.4, -0.2) is 47.1 Å². The van der Waals surface area contributed by atoms with E-state index in [9.17, 15) is 9.59 Å². The molecule has 90 valence electrons. The summed E-state index contributed by atoms with van der Waals surface area (Å²) in [7, 11) is 0. The predicted octanol–water partition coefficient (Wildman–Crippen LogP) is 0.0600. The van der Waals surface area contributed by atoms with Gasteiger partial charge in [-0.25, -0.2) is 0 Å². The quantitative estimate of drug-likeness (QED) is 0.714. The Kier molecular flexibility index (Phi) is 3.14. The van der Waals surface area contributed by atoms with Crippen LogP contribution in [0.2, 0.25) is 0 Å². The molecule has 1 heterocycles. The lowest BCUT2D eigenvalue weighted by Gasteiger charge is -2.40. The number of nitrogens with zero attached hydrogens (tertiary/aromatic N) is 1. The highest BCUT2D eigenvalue weighted by Gasteiger charge is 2.42. The molecule has 0 aromatic carbocycles. The third kappa shape index (κ3) is 2.19. The molecule has 2 aliphatic rings. The van der Waals surface area contributed by atoms with Gasteiger partial charge in [0.05, 0.1) is 5.92 Å². The molecule has 0 spiro atoms. The van der Waals surface area contributed by atoms with Crippen LogP contribution in [0.1, 0.15) is 26.2 Å². The molecule has 3 unspecified atom stereocenters. The van der Waals surface area contributed by atoms with Gasteiger partial charge in [-0.05, 0) is 19.3 Å². The summed E-state index contributed by atoms with van der Waals surface area (Å²) in [6, 6.07) is 0.392. The fraction of sp³-hybridized carbons (Fsp3) is 0.818. The fourth-order valence-electron chi connectivity index (χ4n) is 2.70. The number of carbonyl (C=O) groups is 2. The Morgan fingerprint density at radius 3 is 2.56 bits per heavy atom. The first-order valence-electron chi connectivity index (χ1n) is 5.82. The topological polar surface area (TPSA) is 69.6 Å². The van der Waals surface area contributed by atoms with Gasteiger partial charge in [-0.1, -0.05) is 0 Å². The molecule has 16 heavy (non-hydrogen) atoms. The summed E-state index contributed by atoms with van der Waals surface area (Å²) in [5, 5.41) is 11.9. The van der Waals surface area contributed by atoms with E-state index >= 15 is 0 Å². The number of amides is 1. The number of nitrogens with one attached hydrogen (secondary N) is 1. The fourth-order valence-corrected chi connectivity index (χ4v) is 2.70. The lowest BCUT2D eigenvalue weighted by atomic mass is 9.78. The molecule has 2 fully saturated rings. The summed E-state index contributed by atoms with van der Waals surface area (Å²) in [5.74, 6) is -0.884. The standard InChI is InChI=1S/C11H18N2O3/c1-7(14)12-8-4-5-13(6-8)10-3-2-9(10)11(15)16/h8-10H,2-6H2,1H3,(H,12,14)(H,15,16). The molecular formula is C11H18N2O3. The van der Waals surface area contributed by atoms with Crippen molar-refractivity contribution in [1.29, 1.82) is 0 Å². The third-order valence-corrected chi connectivity index (χ3v) is 3.65. The number of carboxylic acid groups (broad SMARTS) is 1. The SMILES string of the molecule is CC(=O)NC1CCN(C2CCC2C(=O)O)C1. The van der Waals surface area contributed by atoms with Crippen LogP contribution >= 0.6 is 0 Å². The van der Waals surface area contributed by atoms with Gasteiger partial charge in [0.1, 0.15) is 0 Å². The van der Waals surface area contributed by atoms with Gasteiger partial charge in [-0.15, -0.1) is 0 Å². The van der Waals surface area contributed by atoms with Crippen molar-refractivity contribution in [3.05, 3.63) is 0 Å². The summed E-state index contributed by atoms with van der Waals surface area (Å²) in [6.45, 7) is 3.22. The largest absolute Gasteiger partial charge is 0.481 e. The van der Waals surface area contributed by atoms with Crippen molar-refractivity contribution < 1.29 is 14.7 Å². The van der Waals surface area contributed by atoms with Crippen LogP contribution in [0.15, 0.2) is 0 Å². The van der Waals surface area contributed by atoms with Crippen molar-refractivity contribution in [3.8, 4) is 0 Å². The lowest BCUT2D eigenvalue weighted by molar-refractivity contribution is -0.148. The van der Waals surface area contributed by atoms with Crippen molar-refractivity contribution in [1.82, 2.24) is 10.2 Å². The number of rotatable bonds is 3. The smallest absolute Gasteiger partial charge is 0.308 e. The average Bonchev–Trinajstić information content (AvgIpc) is 2.48. The van der Waals surface area contributed by atoms with E-state index in [1.54, 1.807) is 0 Å². The van der Waals surface area contributed by atoms with Crippen LogP contribution in [-0.2, 0) is 9.59 Å². The highest BCUT2D eigenvalue weighted by atomic mass is 16.4. The molecule has 5 heteroatoms. The summed E-state index contributed by atoms with van der Waals surface area (Å²) >= 11 is 0. The Balaban J connectivity index is 1.84. The Bertz CT molecular complexity index is 306. The molecule has 2 rings (SSSR count). The first-order chi connectivity index (χ1) is 7.58. The van der Waals surface area contributed by atoms with Gasteiger partial charge in [0.2, 0.25) is 5.91 Å². The van der Waals surface area contributed by atoms with Gasteiger partial charge in [0.15, 0.2) is 0 Å². The van der Waals surface area contributed by atoms with Gasteiger partial charge in [0.25, 0.3) is 0 Å². The van der Waals surface area contributed by atoms with Gasteiger partial charge in [0, 0.05) is 32.1 Å². The van der Waals surface area contributed by atoms with Crippen molar-refractivity contribution in [2.75, 3.05) is 13.1 Å². The zero-order valence-electron chi connectivity index (χ0n) is 9.48. The number of hydrogen-bond donors (Lipinski definition) is 2. The van der Waals surface area contributed by atoms with E-state index in [2.05, 4.69) is 10.2 Å². The van der Waals surface area contributed by atoms with Crippen LogP contribution in [0, 0.1) is 5.92 Å². The van der Waals surface area contributed by atoms with Crippen LogP contribution in [0.3, 0.4) is 0 Å². The molecule has 1 aliphatic carbocycles. The Morgan fingerprint density at radius 2 is 2.06 bits per heavy atom. The second kappa shape index (κ2) is 4.41. The van der Waals surface area contributed by atoms with Crippen molar-refractivity contribution in [2.45, 2.75) is 38.3 Å². The summed E-state index contributed by atoms with van der Waals surface area (Å²) in [4.78, 5) is 24.0. The second-order valence-electron chi connectivity index (χ2n) is 4.77. The molecule has 3 atom stereocenters. The second-order valence-corrected chi connectivity index (χ2v) is 4.77. The van der Waals surface area contributed by atoms with Crippen molar-refractivity contribution >= 4 is 11.9 Å². The molecule has 1 saturated heterocycles. The maximum absolute atomic E-state index is 10.9. The summed E-state index contributed by atoms with van der Waals surface area (Å²) in [5.41, 5.74) is 0. The van der Waals surface area contributed by atoms with Crippen LogP contribution in [0.5, 0.6) is 0 Å². The summed E-state index contributed by atoms with van der Waals surface area (Å²) in [6.07, 6.45) is 2.70. The molecule has 1 amide bonds.